The van der Waals surface area contributed by atoms with Gasteiger partial charge in [-0.3, -0.25) is 9.48 Å². The second-order valence-corrected chi connectivity index (χ2v) is 9.12. The highest BCUT2D eigenvalue weighted by Crippen LogP contribution is 2.36. The molecule has 12 heteroatoms. The van der Waals surface area contributed by atoms with Crippen LogP contribution in [-0.2, 0) is 7.05 Å². The highest BCUT2D eigenvalue weighted by Gasteiger charge is 2.47. The molecule has 1 unspecified atom stereocenters. The lowest BCUT2D eigenvalue weighted by molar-refractivity contribution is -0.0899. The van der Waals surface area contributed by atoms with Crippen molar-refractivity contribution in [3.8, 4) is 11.4 Å². The second kappa shape index (κ2) is 8.88. The number of nitrogens with one attached hydrogen (secondary N) is 1. The molecule has 1 saturated heterocycles. The van der Waals surface area contributed by atoms with Crippen LogP contribution in [-0.4, -0.2) is 60.6 Å². The summed E-state index contributed by atoms with van der Waals surface area (Å²) in [5.41, 5.74) is 1.50. The first-order chi connectivity index (χ1) is 16.7. The topological polar surface area (TPSA) is 102 Å². The molecule has 0 radical (unpaired) electrons. The SMILES string of the molecule is C[C@@H]1CC(F)(F)CN(C(=O)c2nn(C)cc2-c2ncccn2)C1CNc1nc2cc(Cl)ccc2o1. The summed E-state index contributed by atoms with van der Waals surface area (Å²) in [4.78, 5) is 27.5. The second-order valence-electron chi connectivity index (χ2n) is 8.69. The molecule has 1 amide bonds. The Morgan fingerprint density at radius 3 is 2.86 bits per heavy atom. The number of anilines is 1. The van der Waals surface area contributed by atoms with Crippen molar-refractivity contribution >= 4 is 34.6 Å². The molecule has 1 aliphatic heterocycles. The molecule has 9 nitrogen and oxygen atoms in total. The quantitative estimate of drug-likeness (QED) is 0.435. The molecule has 1 aliphatic rings. The van der Waals surface area contributed by atoms with Gasteiger partial charge in [-0.2, -0.15) is 10.1 Å². The minimum Gasteiger partial charge on any atom is -0.424 e. The lowest BCUT2D eigenvalue weighted by Gasteiger charge is -2.43. The summed E-state index contributed by atoms with van der Waals surface area (Å²) in [7, 11) is 1.65. The number of aromatic nitrogens is 5. The van der Waals surface area contributed by atoms with Crippen molar-refractivity contribution in [1.29, 1.82) is 0 Å². The first-order valence-corrected chi connectivity index (χ1v) is 11.4. The van der Waals surface area contributed by atoms with Crippen LogP contribution >= 0.6 is 11.6 Å². The molecule has 35 heavy (non-hydrogen) atoms. The monoisotopic (exact) mass is 501 g/mol. The number of carbonyl (C=O) groups excluding carboxylic acids is 1. The van der Waals surface area contributed by atoms with E-state index >= 15 is 0 Å². The van der Waals surface area contributed by atoms with E-state index in [9.17, 15) is 13.6 Å². The zero-order chi connectivity index (χ0) is 24.7. The molecule has 1 aromatic carbocycles. The fourth-order valence-corrected chi connectivity index (χ4v) is 4.60. The number of hydrogen-bond donors (Lipinski definition) is 1. The van der Waals surface area contributed by atoms with Crippen LogP contribution in [0, 0.1) is 5.92 Å². The van der Waals surface area contributed by atoms with Crippen molar-refractivity contribution in [3.05, 3.63) is 53.6 Å². The van der Waals surface area contributed by atoms with Crippen molar-refractivity contribution in [1.82, 2.24) is 29.6 Å². The average Bonchev–Trinajstić information content (AvgIpc) is 3.40. The van der Waals surface area contributed by atoms with E-state index in [1.165, 1.54) is 9.58 Å². The van der Waals surface area contributed by atoms with E-state index in [2.05, 4.69) is 25.4 Å². The maximum atomic E-state index is 14.6. The third-order valence-corrected chi connectivity index (χ3v) is 6.23. The lowest BCUT2D eigenvalue weighted by Crippen LogP contribution is -2.57. The molecule has 0 spiro atoms. The molecule has 5 rings (SSSR count). The van der Waals surface area contributed by atoms with Gasteiger partial charge in [0.05, 0.1) is 18.2 Å². The predicted octanol–water partition coefficient (Wildman–Crippen LogP) is 4.27. The summed E-state index contributed by atoms with van der Waals surface area (Å²) < 4.78 is 36.4. The highest BCUT2D eigenvalue weighted by molar-refractivity contribution is 6.31. The molecule has 0 aliphatic carbocycles. The van der Waals surface area contributed by atoms with Gasteiger partial charge in [0, 0.05) is 43.6 Å². The number of amides is 1. The van der Waals surface area contributed by atoms with E-state index in [0.29, 0.717) is 27.5 Å². The van der Waals surface area contributed by atoms with E-state index in [0.717, 1.165) is 0 Å². The van der Waals surface area contributed by atoms with Crippen molar-refractivity contribution in [3.63, 3.8) is 0 Å². The van der Waals surface area contributed by atoms with Crippen molar-refractivity contribution in [2.75, 3.05) is 18.4 Å². The van der Waals surface area contributed by atoms with Gasteiger partial charge in [0.2, 0.25) is 0 Å². The number of piperidine rings is 1. The van der Waals surface area contributed by atoms with E-state index in [1.54, 1.807) is 56.8 Å². The van der Waals surface area contributed by atoms with E-state index in [4.69, 9.17) is 16.0 Å². The van der Waals surface area contributed by atoms with Gasteiger partial charge in [0.1, 0.15) is 5.52 Å². The summed E-state index contributed by atoms with van der Waals surface area (Å²) >= 11 is 6.01. The molecular formula is C23H22ClF2N7O2. The minimum atomic E-state index is -3.03. The first kappa shape index (κ1) is 23.2. The van der Waals surface area contributed by atoms with Crippen LogP contribution < -0.4 is 5.32 Å². The lowest BCUT2D eigenvalue weighted by atomic mass is 9.88. The number of halogens is 3. The number of benzene rings is 1. The molecule has 2 atom stereocenters. The van der Waals surface area contributed by atoms with Crippen LogP contribution in [0.4, 0.5) is 14.8 Å². The van der Waals surface area contributed by atoms with Gasteiger partial charge in [-0.15, -0.1) is 0 Å². The van der Waals surface area contributed by atoms with Gasteiger partial charge in [0.15, 0.2) is 17.1 Å². The summed E-state index contributed by atoms with van der Waals surface area (Å²) in [5.74, 6) is -3.86. The van der Waals surface area contributed by atoms with Gasteiger partial charge < -0.3 is 14.6 Å². The van der Waals surface area contributed by atoms with Gasteiger partial charge in [-0.1, -0.05) is 18.5 Å². The highest BCUT2D eigenvalue weighted by atomic mass is 35.5. The van der Waals surface area contributed by atoms with Crippen LogP contribution in [0.15, 0.2) is 47.3 Å². The summed E-state index contributed by atoms with van der Waals surface area (Å²) in [6.07, 6.45) is 4.34. The fraction of sp³-hybridized carbons (Fsp3) is 0.348. The molecule has 4 aromatic rings. The number of hydrogen-bond acceptors (Lipinski definition) is 7. The van der Waals surface area contributed by atoms with Crippen molar-refractivity contribution < 1.29 is 18.0 Å². The molecule has 1 fully saturated rings. The molecule has 182 valence electrons. The van der Waals surface area contributed by atoms with E-state index in [-0.39, 0.29) is 24.7 Å². The van der Waals surface area contributed by atoms with Crippen LogP contribution in [0.2, 0.25) is 5.02 Å². The van der Waals surface area contributed by atoms with Gasteiger partial charge in [-0.25, -0.2) is 18.7 Å². The van der Waals surface area contributed by atoms with Crippen molar-refractivity contribution in [2.45, 2.75) is 25.3 Å². The zero-order valence-corrected chi connectivity index (χ0v) is 19.7. The average molecular weight is 502 g/mol. The number of likely N-dealkylation sites (tertiary alicyclic amines) is 1. The number of oxazole rings is 1. The number of aryl methyl sites for hydroxylation is 1. The normalized spacial score (nSPS) is 19.7. The van der Waals surface area contributed by atoms with Crippen LogP contribution in [0.5, 0.6) is 0 Å². The molecule has 1 N–H and O–H groups in total. The number of rotatable bonds is 5. The Labute approximate surface area is 204 Å². The fourth-order valence-electron chi connectivity index (χ4n) is 4.43. The Morgan fingerprint density at radius 1 is 1.31 bits per heavy atom. The third kappa shape index (κ3) is 4.68. The Morgan fingerprint density at radius 2 is 2.09 bits per heavy atom. The first-order valence-electron chi connectivity index (χ1n) is 11.0. The smallest absolute Gasteiger partial charge is 0.295 e. The van der Waals surface area contributed by atoms with Gasteiger partial charge in [-0.05, 0) is 30.2 Å². The zero-order valence-electron chi connectivity index (χ0n) is 19.0. The van der Waals surface area contributed by atoms with Crippen LogP contribution in [0.25, 0.3) is 22.5 Å². The van der Waals surface area contributed by atoms with Gasteiger partial charge in [0.25, 0.3) is 17.8 Å². The maximum absolute atomic E-state index is 14.6. The van der Waals surface area contributed by atoms with Crippen LogP contribution in [0.1, 0.15) is 23.8 Å². The number of alkyl halides is 2. The maximum Gasteiger partial charge on any atom is 0.295 e. The van der Waals surface area contributed by atoms with Crippen LogP contribution in [0.3, 0.4) is 0 Å². The predicted molar refractivity (Wildman–Crippen MR) is 125 cm³/mol. The van der Waals surface area contributed by atoms with Crippen molar-refractivity contribution in [2.24, 2.45) is 13.0 Å². The molecule has 0 saturated carbocycles. The standard InChI is InChI=1S/C23H22ClF2N7O2/c1-13-9-23(25,26)12-33(17(13)10-29-22-30-16-8-14(24)4-5-18(16)35-22)21(34)19-15(11-32(2)31-19)20-27-6-3-7-28-20/h3-8,11,13,17H,9-10,12H2,1-2H3,(H,29,30)/t13-,17?/m1/s1. The molecule has 0 bridgehead atoms. The largest absolute Gasteiger partial charge is 0.424 e. The number of nitrogens with zero attached hydrogens (tertiary/aromatic N) is 6. The molecule has 4 heterocycles. The van der Waals surface area contributed by atoms with E-state index in [1.807, 2.05) is 0 Å². The summed E-state index contributed by atoms with van der Waals surface area (Å²) in [6, 6.07) is 6.35. The minimum absolute atomic E-state index is 0.0186. The Bertz CT molecular complexity index is 1370. The Hall–Kier alpha value is -3.60. The van der Waals surface area contributed by atoms with Gasteiger partial charge >= 0.3 is 0 Å². The van der Waals surface area contributed by atoms with E-state index < -0.39 is 30.3 Å². The Balaban J connectivity index is 1.44. The number of fused-ring (bicyclic) bond motifs is 1. The number of carbonyl (C=O) groups is 1. The Kier molecular flexibility index (Phi) is 5.87. The third-order valence-electron chi connectivity index (χ3n) is 5.99. The summed E-state index contributed by atoms with van der Waals surface area (Å²) in [5, 5.41) is 7.84. The summed E-state index contributed by atoms with van der Waals surface area (Å²) in [6.45, 7) is 1.13. The molecule has 3 aromatic heterocycles. The molecular weight excluding hydrogens is 480 g/mol.